The summed E-state index contributed by atoms with van der Waals surface area (Å²) in [5.74, 6) is -0.386. The average Bonchev–Trinajstić information content (AvgIpc) is 3.08. The zero-order valence-electron chi connectivity index (χ0n) is 11.4. The second-order valence-electron chi connectivity index (χ2n) is 5.03. The summed E-state index contributed by atoms with van der Waals surface area (Å²) in [7, 11) is 0. The Morgan fingerprint density at radius 3 is 2.55 bits per heavy atom. The van der Waals surface area contributed by atoms with E-state index in [4.69, 9.17) is 5.11 Å². The second kappa shape index (κ2) is 6.34. The van der Waals surface area contributed by atoms with Crippen molar-refractivity contribution >= 4 is 29.7 Å². The van der Waals surface area contributed by atoms with Crippen LogP contribution in [0.2, 0.25) is 0 Å². The molecule has 0 radical (unpaired) electrons. The van der Waals surface area contributed by atoms with Crippen LogP contribution in [0.5, 0.6) is 0 Å². The lowest BCUT2D eigenvalue weighted by atomic mass is 10.3. The summed E-state index contributed by atoms with van der Waals surface area (Å²) in [4.78, 5) is 38.2. The molecule has 0 saturated carbocycles. The Kier molecular flexibility index (Phi) is 4.74. The molecule has 112 valence electrons. The summed E-state index contributed by atoms with van der Waals surface area (Å²) < 4.78 is 0. The van der Waals surface area contributed by atoms with Crippen LogP contribution in [0.15, 0.2) is 0 Å². The zero-order chi connectivity index (χ0) is 14.7. The number of thioether (sulfide) groups is 1. The third-order valence-corrected chi connectivity index (χ3v) is 4.57. The molecule has 2 rings (SSSR count). The average molecular weight is 301 g/mol. The number of aliphatic carboxylic acids is 1. The molecule has 1 unspecified atom stereocenters. The van der Waals surface area contributed by atoms with Gasteiger partial charge in [-0.1, -0.05) is 0 Å². The topological polar surface area (TPSA) is 90.0 Å². The van der Waals surface area contributed by atoms with E-state index in [-0.39, 0.29) is 5.91 Å². The highest BCUT2D eigenvalue weighted by Crippen LogP contribution is 2.21. The standard InChI is InChI=1S/C12H19N3O4S/c1-8(10(16)14-4-2-3-5-14)13-12(19)15-7-20-6-9(15)11(17)18/h8-9H,2-7H2,1H3,(H,13,19)(H,17,18)/t8?,9-/m0/s1. The number of carboxylic acids is 1. The Labute approximate surface area is 121 Å². The quantitative estimate of drug-likeness (QED) is 0.775. The van der Waals surface area contributed by atoms with Gasteiger partial charge in [-0.3, -0.25) is 4.79 Å². The van der Waals surface area contributed by atoms with Crippen molar-refractivity contribution in [1.29, 1.82) is 0 Å². The highest BCUT2D eigenvalue weighted by Gasteiger charge is 2.36. The van der Waals surface area contributed by atoms with E-state index in [9.17, 15) is 14.4 Å². The lowest BCUT2D eigenvalue weighted by Crippen LogP contribution is -2.53. The number of nitrogens with one attached hydrogen (secondary N) is 1. The zero-order valence-corrected chi connectivity index (χ0v) is 12.2. The Bertz CT molecular complexity index is 412. The molecule has 0 aromatic rings. The summed E-state index contributed by atoms with van der Waals surface area (Å²) in [5, 5.41) is 11.6. The maximum absolute atomic E-state index is 12.1. The fourth-order valence-corrected chi connectivity index (χ4v) is 3.53. The maximum atomic E-state index is 12.1. The van der Waals surface area contributed by atoms with Crippen molar-refractivity contribution in [3.63, 3.8) is 0 Å². The van der Waals surface area contributed by atoms with Crippen LogP contribution in [0, 0.1) is 0 Å². The number of urea groups is 1. The van der Waals surface area contributed by atoms with Crippen molar-refractivity contribution in [2.45, 2.75) is 31.8 Å². The predicted molar refractivity (Wildman–Crippen MR) is 74.4 cm³/mol. The van der Waals surface area contributed by atoms with Crippen molar-refractivity contribution < 1.29 is 19.5 Å². The lowest BCUT2D eigenvalue weighted by Gasteiger charge is -2.25. The van der Waals surface area contributed by atoms with E-state index in [0.717, 1.165) is 25.9 Å². The fourth-order valence-electron chi connectivity index (χ4n) is 2.39. The minimum atomic E-state index is -1.01. The van der Waals surface area contributed by atoms with E-state index in [1.54, 1.807) is 11.8 Å². The maximum Gasteiger partial charge on any atom is 0.327 e. The fraction of sp³-hybridized carbons (Fsp3) is 0.750. The minimum Gasteiger partial charge on any atom is -0.480 e. The van der Waals surface area contributed by atoms with Gasteiger partial charge < -0.3 is 20.2 Å². The molecular weight excluding hydrogens is 282 g/mol. The molecule has 3 amide bonds. The van der Waals surface area contributed by atoms with Gasteiger partial charge in [0.25, 0.3) is 0 Å². The molecule has 2 aliphatic rings. The first-order chi connectivity index (χ1) is 9.50. The molecule has 2 N–H and O–H groups in total. The molecule has 2 heterocycles. The smallest absolute Gasteiger partial charge is 0.327 e. The number of carboxylic acid groups (broad SMARTS) is 1. The normalized spacial score (nSPS) is 23.8. The van der Waals surface area contributed by atoms with E-state index in [1.807, 2.05) is 0 Å². The minimum absolute atomic E-state index is 0.102. The van der Waals surface area contributed by atoms with Gasteiger partial charge in [-0.15, -0.1) is 11.8 Å². The largest absolute Gasteiger partial charge is 0.480 e. The Hall–Kier alpha value is -1.44. The van der Waals surface area contributed by atoms with E-state index >= 15 is 0 Å². The molecule has 2 saturated heterocycles. The highest BCUT2D eigenvalue weighted by molar-refractivity contribution is 7.99. The summed E-state index contributed by atoms with van der Waals surface area (Å²) in [5.41, 5.74) is 0. The van der Waals surface area contributed by atoms with Gasteiger partial charge in [0.1, 0.15) is 12.1 Å². The van der Waals surface area contributed by atoms with E-state index in [0.29, 0.717) is 11.6 Å². The SMILES string of the molecule is CC(NC(=O)N1CSC[C@H]1C(=O)O)C(=O)N1CCCC1. The van der Waals surface area contributed by atoms with E-state index in [2.05, 4.69) is 5.32 Å². The number of amides is 3. The van der Waals surface area contributed by atoms with E-state index in [1.165, 1.54) is 16.7 Å². The molecule has 8 heteroatoms. The van der Waals surface area contributed by atoms with Crippen molar-refractivity contribution in [3.8, 4) is 0 Å². The monoisotopic (exact) mass is 301 g/mol. The number of nitrogens with zero attached hydrogens (tertiary/aromatic N) is 2. The number of hydrogen-bond acceptors (Lipinski definition) is 4. The molecule has 0 aromatic heterocycles. The van der Waals surface area contributed by atoms with Crippen LogP contribution >= 0.6 is 11.8 Å². The predicted octanol–water partition coefficient (Wildman–Crippen LogP) is 0.166. The Morgan fingerprint density at radius 1 is 1.30 bits per heavy atom. The van der Waals surface area contributed by atoms with Gasteiger partial charge in [0.2, 0.25) is 5.91 Å². The third-order valence-electron chi connectivity index (χ3n) is 3.56. The molecule has 2 aliphatic heterocycles. The Morgan fingerprint density at radius 2 is 1.95 bits per heavy atom. The number of likely N-dealkylation sites (tertiary alicyclic amines) is 1. The van der Waals surface area contributed by atoms with Crippen LogP contribution in [0.25, 0.3) is 0 Å². The third kappa shape index (κ3) is 3.17. The molecule has 2 fully saturated rings. The molecular formula is C12H19N3O4S. The molecule has 0 aromatic carbocycles. The molecule has 7 nitrogen and oxygen atoms in total. The van der Waals surface area contributed by atoms with Crippen LogP contribution in [-0.4, -0.2) is 69.6 Å². The van der Waals surface area contributed by atoms with Crippen LogP contribution in [0.1, 0.15) is 19.8 Å². The molecule has 20 heavy (non-hydrogen) atoms. The summed E-state index contributed by atoms with van der Waals surface area (Å²) in [6.07, 6.45) is 1.99. The lowest BCUT2D eigenvalue weighted by molar-refractivity contribution is -0.140. The van der Waals surface area contributed by atoms with Crippen LogP contribution in [0.4, 0.5) is 4.79 Å². The first-order valence-electron chi connectivity index (χ1n) is 6.67. The summed E-state index contributed by atoms with van der Waals surface area (Å²) >= 11 is 1.40. The first-order valence-corrected chi connectivity index (χ1v) is 7.82. The van der Waals surface area contributed by atoms with Crippen LogP contribution in [-0.2, 0) is 9.59 Å². The summed E-state index contributed by atoms with van der Waals surface area (Å²) in [6.45, 7) is 3.10. The number of carbonyl (C=O) groups excluding carboxylic acids is 2. The van der Waals surface area contributed by atoms with Crippen molar-refractivity contribution in [1.82, 2.24) is 15.1 Å². The second-order valence-corrected chi connectivity index (χ2v) is 6.03. The highest BCUT2D eigenvalue weighted by atomic mass is 32.2. The van der Waals surface area contributed by atoms with Gasteiger partial charge in [0, 0.05) is 18.8 Å². The van der Waals surface area contributed by atoms with Gasteiger partial charge in [0.05, 0.1) is 5.88 Å². The molecule has 0 spiro atoms. The van der Waals surface area contributed by atoms with Crippen molar-refractivity contribution in [2.75, 3.05) is 24.7 Å². The first kappa shape index (κ1) is 15.0. The molecule has 0 aliphatic carbocycles. The van der Waals surface area contributed by atoms with Gasteiger partial charge in [-0.2, -0.15) is 0 Å². The number of rotatable bonds is 3. The van der Waals surface area contributed by atoms with Gasteiger partial charge in [0.15, 0.2) is 0 Å². The molecule has 2 atom stereocenters. The van der Waals surface area contributed by atoms with Crippen molar-refractivity contribution in [2.24, 2.45) is 0 Å². The number of hydrogen-bond donors (Lipinski definition) is 2. The van der Waals surface area contributed by atoms with Crippen LogP contribution < -0.4 is 5.32 Å². The van der Waals surface area contributed by atoms with E-state index < -0.39 is 24.1 Å². The summed E-state index contributed by atoms with van der Waals surface area (Å²) in [6, 6.07) is -1.92. The van der Waals surface area contributed by atoms with Gasteiger partial charge >= 0.3 is 12.0 Å². The van der Waals surface area contributed by atoms with Gasteiger partial charge in [-0.25, -0.2) is 9.59 Å². The van der Waals surface area contributed by atoms with Crippen LogP contribution in [0.3, 0.4) is 0 Å². The van der Waals surface area contributed by atoms with Crippen molar-refractivity contribution in [3.05, 3.63) is 0 Å². The van der Waals surface area contributed by atoms with Gasteiger partial charge in [-0.05, 0) is 19.8 Å². The number of carbonyl (C=O) groups is 3. The molecule has 0 bridgehead atoms. The Balaban J connectivity index is 1.90.